The van der Waals surface area contributed by atoms with E-state index in [1.165, 1.54) is 191 Å². The summed E-state index contributed by atoms with van der Waals surface area (Å²) in [6.45, 7) is 6.61. The van der Waals surface area contributed by atoms with Gasteiger partial charge in [0.15, 0.2) is 0 Å². The lowest BCUT2D eigenvalue weighted by molar-refractivity contribution is -0.856. The van der Waals surface area contributed by atoms with Crippen molar-refractivity contribution in [2.45, 2.75) is 207 Å². The third-order valence-corrected chi connectivity index (χ3v) is 10.4. The van der Waals surface area contributed by atoms with Crippen molar-refractivity contribution in [1.82, 2.24) is 0 Å². The lowest BCUT2D eigenvalue weighted by Crippen LogP contribution is -2.35. The summed E-state index contributed by atoms with van der Waals surface area (Å²) in [6, 6.07) is 22.3. The molecule has 0 heterocycles. The third-order valence-electron chi connectivity index (χ3n) is 10.4. The smallest absolute Gasteiger partial charge is 0.113 e. The second kappa shape index (κ2) is 31.8. The predicted octanol–water partition coefficient (Wildman–Crippen LogP) is 16.2. The zero-order valence-electron chi connectivity index (χ0n) is 32.7. The third kappa shape index (κ3) is 24.6. The summed E-state index contributed by atoms with van der Waals surface area (Å²) in [5.74, 6) is 0. The highest BCUT2D eigenvalue weighted by molar-refractivity contribution is 5.16. The molecule has 0 aliphatic rings. The van der Waals surface area contributed by atoms with Crippen molar-refractivity contribution >= 4 is 0 Å². The molecule has 0 bridgehead atoms. The molecular formula is C48H80N+. The molecule has 49 heavy (non-hydrogen) atoms. The van der Waals surface area contributed by atoms with Crippen LogP contribution in [0.5, 0.6) is 0 Å². The molecule has 2 rings (SSSR count). The zero-order valence-corrected chi connectivity index (χ0v) is 32.7. The first-order valence-corrected chi connectivity index (χ1v) is 21.6. The molecule has 0 aliphatic carbocycles. The van der Waals surface area contributed by atoms with Gasteiger partial charge >= 0.3 is 0 Å². The van der Waals surface area contributed by atoms with E-state index >= 15 is 0 Å². The topological polar surface area (TPSA) is 0 Å². The summed E-state index contributed by atoms with van der Waals surface area (Å²) >= 11 is 0. The maximum atomic E-state index is 2.53. The Hall–Kier alpha value is -2.12. The normalized spacial score (nSPS) is 12.1. The highest BCUT2D eigenvalue weighted by Gasteiger charge is 2.23. The van der Waals surface area contributed by atoms with Crippen LogP contribution in [0.25, 0.3) is 0 Å². The van der Waals surface area contributed by atoms with E-state index in [-0.39, 0.29) is 0 Å². The first-order valence-electron chi connectivity index (χ1n) is 21.6. The van der Waals surface area contributed by atoms with Crippen LogP contribution in [0, 0.1) is 0 Å². The molecule has 0 saturated carbocycles. The molecule has 1 nitrogen and oxygen atoms in total. The Kier molecular flexibility index (Phi) is 28.0. The Bertz CT molecular complexity index is 922. The molecule has 0 amide bonds. The van der Waals surface area contributed by atoms with Gasteiger partial charge in [0.25, 0.3) is 0 Å². The van der Waals surface area contributed by atoms with Crippen molar-refractivity contribution in [3.63, 3.8) is 0 Å². The maximum absolute atomic E-state index is 2.53. The van der Waals surface area contributed by atoms with Crippen molar-refractivity contribution in [3.05, 3.63) is 96.3 Å². The van der Waals surface area contributed by atoms with Gasteiger partial charge in [0.1, 0.15) is 13.1 Å². The largest absolute Gasteiger partial charge is 0.264 e. The lowest BCUT2D eigenvalue weighted by Gasteiger charge is -2.31. The van der Waals surface area contributed by atoms with E-state index in [0.717, 1.165) is 17.6 Å². The van der Waals surface area contributed by atoms with E-state index in [2.05, 4.69) is 99.1 Å². The average molecular weight is 671 g/mol. The fourth-order valence-electron chi connectivity index (χ4n) is 7.29. The minimum absolute atomic E-state index is 0.866. The standard InChI is InChI=1S/C48H80N/c1-3-5-7-9-11-13-15-17-19-21-23-25-27-29-37-43-49(45-47-39-33-31-34-40-47,46-48-41-35-32-36-42-48)44-38-30-28-26-24-22-20-18-16-14-12-10-8-6-4-2/h31-44H,3-30,45-46H2,1-2H3/q+1/b43-37-,44-38+. The summed E-state index contributed by atoms with van der Waals surface area (Å²) in [5, 5.41) is 0. The van der Waals surface area contributed by atoms with Crippen LogP contribution in [0.15, 0.2) is 85.2 Å². The van der Waals surface area contributed by atoms with E-state index in [9.17, 15) is 0 Å². The van der Waals surface area contributed by atoms with Crippen molar-refractivity contribution in [2.75, 3.05) is 0 Å². The fourth-order valence-corrected chi connectivity index (χ4v) is 7.29. The number of nitrogens with zero attached hydrogens (tertiary/aromatic N) is 1. The molecule has 276 valence electrons. The van der Waals surface area contributed by atoms with Gasteiger partial charge in [-0.15, -0.1) is 0 Å². The van der Waals surface area contributed by atoms with Gasteiger partial charge < -0.3 is 0 Å². The maximum Gasteiger partial charge on any atom is 0.113 e. The van der Waals surface area contributed by atoms with Crippen LogP contribution in [0.3, 0.4) is 0 Å². The van der Waals surface area contributed by atoms with Gasteiger partial charge in [-0.2, -0.15) is 0 Å². The molecule has 0 aliphatic heterocycles. The zero-order chi connectivity index (χ0) is 34.8. The van der Waals surface area contributed by atoms with Crippen LogP contribution >= 0.6 is 0 Å². The lowest BCUT2D eigenvalue weighted by atomic mass is 10.0. The van der Waals surface area contributed by atoms with Gasteiger partial charge in [-0.3, -0.25) is 4.48 Å². The van der Waals surface area contributed by atoms with Crippen LogP contribution < -0.4 is 0 Å². The number of rotatable bonds is 34. The monoisotopic (exact) mass is 671 g/mol. The van der Waals surface area contributed by atoms with E-state index in [1.54, 1.807) is 0 Å². The molecule has 2 aromatic carbocycles. The van der Waals surface area contributed by atoms with Crippen LogP contribution in [0.4, 0.5) is 0 Å². The van der Waals surface area contributed by atoms with Gasteiger partial charge in [-0.1, -0.05) is 229 Å². The highest BCUT2D eigenvalue weighted by Crippen LogP contribution is 2.24. The van der Waals surface area contributed by atoms with Crippen molar-refractivity contribution in [2.24, 2.45) is 0 Å². The van der Waals surface area contributed by atoms with Crippen molar-refractivity contribution < 1.29 is 4.48 Å². The number of quaternary nitrogens is 1. The number of benzene rings is 2. The summed E-state index contributed by atoms with van der Waals surface area (Å²) in [5.41, 5.74) is 2.82. The van der Waals surface area contributed by atoms with Gasteiger partial charge in [-0.25, -0.2) is 0 Å². The molecular weight excluding hydrogens is 591 g/mol. The summed E-state index contributed by atoms with van der Waals surface area (Å²) < 4.78 is 0.866. The number of unbranched alkanes of at least 4 members (excludes halogenated alkanes) is 26. The van der Waals surface area contributed by atoms with Crippen LogP contribution in [0.1, 0.15) is 205 Å². The molecule has 0 radical (unpaired) electrons. The van der Waals surface area contributed by atoms with E-state index < -0.39 is 0 Å². The summed E-state index contributed by atoms with van der Waals surface area (Å²) in [4.78, 5) is 0. The molecule has 0 atom stereocenters. The first-order chi connectivity index (χ1) is 24.3. The van der Waals surface area contributed by atoms with Crippen LogP contribution in [0.2, 0.25) is 0 Å². The van der Waals surface area contributed by atoms with Gasteiger partial charge in [0, 0.05) is 11.1 Å². The summed E-state index contributed by atoms with van der Waals surface area (Å²) in [7, 11) is 0. The second-order valence-corrected chi connectivity index (χ2v) is 15.2. The molecule has 1 heteroatoms. The average Bonchev–Trinajstić information content (AvgIpc) is 3.12. The fraction of sp³-hybridized carbons (Fsp3) is 0.667. The van der Waals surface area contributed by atoms with E-state index in [4.69, 9.17) is 0 Å². The van der Waals surface area contributed by atoms with Crippen molar-refractivity contribution in [1.29, 1.82) is 0 Å². The molecule has 2 aromatic rings. The Balaban J connectivity index is 1.78. The molecule has 0 saturated heterocycles. The van der Waals surface area contributed by atoms with Gasteiger partial charge in [0.05, 0.1) is 12.4 Å². The minimum Gasteiger partial charge on any atom is -0.264 e. The SMILES string of the molecule is CCCCCCCCCCCCCCC/C=C\[N+](/C=C/CCCCCCCCCCCCCCC)(Cc1ccccc1)Cc1ccccc1. The van der Waals surface area contributed by atoms with Gasteiger partial charge in [-0.05, 0) is 37.8 Å². The van der Waals surface area contributed by atoms with Gasteiger partial charge in [0.2, 0.25) is 0 Å². The van der Waals surface area contributed by atoms with E-state index in [0.29, 0.717) is 0 Å². The van der Waals surface area contributed by atoms with Crippen molar-refractivity contribution in [3.8, 4) is 0 Å². The highest BCUT2D eigenvalue weighted by atomic mass is 15.3. The molecule has 0 N–H and O–H groups in total. The minimum atomic E-state index is 0.866. The quantitative estimate of drug-likeness (QED) is 0.0513. The predicted molar refractivity (Wildman–Crippen MR) is 219 cm³/mol. The number of hydrogen-bond acceptors (Lipinski definition) is 0. The summed E-state index contributed by atoms with van der Waals surface area (Å²) in [6.07, 6.45) is 49.2. The Morgan fingerprint density at radius 1 is 0.347 bits per heavy atom. The Morgan fingerprint density at radius 3 is 0.898 bits per heavy atom. The Labute approximate surface area is 306 Å². The second-order valence-electron chi connectivity index (χ2n) is 15.2. The van der Waals surface area contributed by atoms with Crippen LogP contribution in [-0.2, 0) is 13.1 Å². The van der Waals surface area contributed by atoms with Crippen LogP contribution in [-0.4, -0.2) is 4.48 Å². The number of allylic oxidation sites excluding steroid dienone is 2. The molecule has 0 fully saturated rings. The number of hydrogen-bond donors (Lipinski definition) is 0. The molecule has 0 aromatic heterocycles. The molecule has 0 unspecified atom stereocenters. The molecule has 0 spiro atoms. The first kappa shape index (κ1) is 43.0. The Morgan fingerprint density at radius 2 is 0.612 bits per heavy atom. The van der Waals surface area contributed by atoms with E-state index in [1.807, 2.05) is 0 Å².